The molecule has 0 radical (unpaired) electrons. The molecule has 0 aliphatic carbocycles. The van der Waals surface area contributed by atoms with Crippen molar-refractivity contribution in [2.75, 3.05) is 19.6 Å². The van der Waals surface area contributed by atoms with Gasteiger partial charge in [0.15, 0.2) is 0 Å². The van der Waals surface area contributed by atoms with Gasteiger partial charge in [0.2, 0.25) is 0 Å². The zero-order valence-corrected chi connectivity index (χ0v) is 12.3. The molecule has 110 valence electrons. The monoisotopic (exact) mass is 274 g/mol. The summed E-state index contributed by atoms with van der Waals surface area (Å²) in [4.78, 5) is 7.17. The summed E-state index contributed by atoms with van der Waals surface area (Å²) in [7, 11) is 0. The van der Waals surface area contributed by atoms with Crippen LogP contribution in [0.15, 0.2) is 12.5 Å². The fraction of sp³-hybridized carbons (Fsp3) is 0.812. The summed E-state index contributed by atoms with van der Waals surface area (Å²) >= 11 is 0. The summed E-state index contributed by atoms with van der Waals surface area (Å²) in [5.41, 5.74) is 1.43. The summed E-state index contributed by atoms with van der Waals surface area (Å²) in [5.74, 6) is 0. The summed E-state index contributed by atoms with van der Waals surface area (Å²) in [6, 6.07) is 2.05. The van der Waals surface area contributed by atoms with E-state index in [-0.39, 0.29) is 0 Å². The normalized spacial score (nSPS) is 35.1. The van der Waals surface area contributed by atoms with E-state index >= 15 is 0 Å². The minimum Gasteiger partial charge on any atom is -0.330 e. The Balaban J connectivity index is 1.52. The van der Waals surface area contributed by atoms with Crippen molar-refractivity contribution >= 4 is 0 Å². The van der Waals surface area contributed by atoms with Crippen LogP contribution in [0.4, 0.5) is 0 Å². The first-order chi connectivity index (χ1) is 9.92. The standard InChI is InChI=1S/C16H26N4/c1-2-7-18-15(5-1)16-11-17-12-20(16)14-6-9-19-8-3-4-13(19)10-14/h11-15,18H,1-10H2. The molecule has 20 heavy (non-hydrogen) atoms. The van der Waals surface area contributed by atoms with Crippen LogP contribution >= 0.6 is 0 Å². The molecule has 0 bridgehead atoms. The fourth-order valence-electron chi connectivity index (χ4n) is 4.45. The Morgan fingerprint density at radius 2 is 2.05 bits per heavy atom. The average Bonchev–Trinajstić information content (AvgIpc) is 3.16. The molecule has 4 rings (SSSR count). The lowest BCUT2D eigenvalue weighted by atomic mass is 9.96. The third-order valence-corrected chi connectivity index (χ3v) is 5.55. The summed E-state index contributed by atoms with van der Waals surface area (Å²) in [6.45, 7) is 3.78. The third kappa shape index (κ3) is 2.29. The van der Waals surface area contributed by atoms with Gasteiger partial charge >= 0.3 is 0 Å². The fourth-order valence-corrected chi connectivity index (χ4v) is 4.45. The third-order valence-electron chi connectivity index (χ3n) is 5.55. The Kier molecular flexibility index (Phi) is 3.52. The highest BCUT2D eigenvalue weighted by molar-refractivity contribution is 5.09. The van der Waals surface area contributed by atoms with Gasteiger partial charge in [-0.2, -0.15) is 0 Å². The number of nitrogens with zero attached hydrogens (tertiary/aromatic N) is 3. The van der Waals surface area contributed by atoms with Gasteiger partial charge in [0, 0.05) is 30.9 Å². The van der Waals surface area contributed by atoms with E-state index in [1.807, 2.05) is 0 Å². The Morgan fingerprint density at radius 1 is 1.05 bits per heavy atom. The van der Waals surface area contributed by atoms with Crippen molar-refractivity contribution in [2.45, 2.75) is 63.1 Å². The molecular weight excluding hydrogens is 248 g/mol. The first kappa shape index (κ1) is 12.8. The van der Waals surface area contributed by atoms with Gasteiger partial charge in [0.1, 0.15) is 0 Å². The number of nitrogens with one attached hydrogen (secondary N) is 1. The van der Waals surface area contributed by atoms with Gasteiger partial charge in [-0.1, -0.05) is 6.42 Å². The average molecular weight is 274 g/mol. The molecule has 3 atom stereocenters. The van der Waals surface area contributed by atoms with Gasteiger partial charge in [-0.3, -0.25) is 0 Å². The summed E-state index contributed by atoms with van der Waals surface area (Å²) in [5, 5.41) is 3.68. The van der Waals surface area contributed by atoms with E-state index in [0.29, 0.717) is 12.1 Å². The maximum absolute atomic E-state index is 4.47. The second kappa shape index (κ2) is 5.49. The molecule has 4 heteroatoms. The second-order valence-electron chi connectivity index (χ2n) is 6.74. The van der Waals surface area contributed by atoms with E-state index in [1.54, 1.807) is 0 Å². The van der Waals surface area contributed by atoms with Crippen LogP contribution in [-0.4, -0.2) is 40.1 Å². The van der Waals surface area contributed by atoms with Gasteiger partial charge in [-0.15, -0.1) is 0 Å². The van der Waals surface area contributed by atoms with Gasteiger partial charge < -0.3 is 14.8 Å². The molecular formula is C16H26N4. The van der Waals surface area contributed by atoms with E-state index in [9.17, 15) is 0 Å². The minimum atomic E-state index is 0.535. The minimum absolute atomic E-state index is 0.535. The van der Waals surface area contributed by atoms with Crippen molar-refractivity contribution < 1.29 is 0 Å². The smallest absolute Gasteiger partial charge is 0.0951 e. The maximum atomic E-state index is 4.47. The number of aromatic nitrogens is 2. The van der Waals surface area contributed by atoms with Crippen molar-refractivity contribution in [3.63, 3.8) is 0 Å². The van der Waals surface area contributed by atoms with Crippen molar-refractivity contribution in [1.29, 1.82) is 0 Å². The van der Waals surface area contributed by atoms with Crippen LogP contribution in [0.3, 0.4) is 0 Å². The molecule has 3 fully saturated rings. The Morgan fingerprint density at radius 3 is 2.95 bits per heavy atom. The lowest BCUT2D eigenvalue weighted by Gasteiger charge is -2.37. The molecule has 1 aromatic rings. The highest BCUT2D eigenvalue weighted by Crippen LogP contribution is 2.35. The van der Waals surface area contributed by atoms with Gasteiger partial charge in [-0.05, 0) is 51.6 Å². The van der Waals surface area contributed by atoms with E-state index in [0.717, 1.165) is 12.6 Å². The van der Waals surface area contributed by atoms with E-state index in [2.05, 4.69) is 32.3 Å². The van der Waals surface area contributed by atoms with E-state index in [1.165, 1.54) is 63.7 Å². The molecule has 0 amide bonds. The Bertz CT molecular complexity index is 449. The second-order valence-corrected chi connectivity index (χ2v) is 6.74. The van der Waals surface area contributed by atoms with Crippen molar-refractivity contribution in [3.05, 3.63) is 18.2 Å². The Hall–Kier alpha value is -0.870. The number of hydrogen-bond acceptors (Lipinski definition) is 3. The molecule has 3 aliphatic rings. The number of piperidine rings is 2. The van der Waals surface area contributed by atoms with Crippen LogP contribution in [-0.2, 0) is 0 Å². The number of fused-ring (bicyclic) bond motifs is 1. The lowest BCUT2D eigenvalue weighted by molar-refractivity contribution is 0.152. The molecule has 0 aromatic carbocycles. The predicted octanol–water partition coefficient (Wildman–Crippen LogP) is 2.50. The van der Waals surface area contributed by atoms with Crippen molar-refractivity contribution in [1.82, 2.24) is 19.8 Å². The quantitative estimate of drug-likeness (QED) is 0.899. The number of hydrogen-bond donors (Lipinski definition) is 1. The van der Waals surface area contributed by atoms with Gasteiger partial charge in [-0.25, -0.2) is 4.98 Å². The van der Waals surface area contributed by atoms with Crippen molar-refractivity contribution in [3.8, 4) is 0 Å². The largest absolute Gasteiger partial charge is 0.330 e. The zero-order chi connectivity index (χ0) is 13.4. The Labute approximate surface area is 121 Å². The molecule has 4 heterocycles. The lowest BCUT2D eigenvalue weighted by Crippen LogP contribution is -2.39. The van der Waals surface area contributed by atoms with Crippen LogP contribution in [0.5, 0.6) is 0 Å². The maximum Gasteiger partial charge on any atom is 0.0951 e. The first-order valence-electron chi connectivity index (χ1n) is 8.41. The van der Waals surface area contributed by atoms with Crippen LogP contribution in [0.1, 0.15) is 62.7 Å². The molecule has 4 nitrogen and oxygen atoms in total. The molecule has 1 aromatic heterocycles. The predicted molar refractivity (Wildman–Crippen MR) is 79.7 cm³/mol. The number of imidazole rings is 1. The molecule has 3 aliphatic heterocycles. The van der Waals surface area contributed by atoms with E-state index < -0.39 is 0 Å². The highest BCUT2D eigenvalue weighted by Gasteiger charge is 2.33. The van der Waals surface area contributed by atoms with Crippen LogP contribution < -0.4 is 5.32 Å². The first-order valence-corrected chi connectivity index (χ1v) is 8.41. The summed E-state index contributed by atoms with van der Waals surface area (Å²) in [6.07, 6.45) is 13.6. The van der Waals surface area contributed by atoms with Gasteiger partial charge in [0.25, 0.3) is 0 Å². The molecule has 0 spiro atoms. The molecule has 3 unspecified atom stereocenters. The van der Waals surface area contributed by atoms with E-state index in [4.69, 9.17) is 0 Å². The highest BCUT2D eigenvalue weighted by atomic mass is 15.2. The topological polar surface area (TPSA) is 33.1 Å². The number of rotatable bonds is 2. The van der Waals surface area contributed by atoms with Crippen LogP contribution in [0.2, 0.25) is 0 Å². The van der Waals surface area contributed by atoms with Gasteiger partial charge in [0.05, 0.1) is 12.0 Å². The van der Waals surface area contributed by atoms with Crippen LogP contribution in [0, 0.1) is 0 Å². The van der Waals surface area contributed by atoms with Crippen molar-refractivity contribution in [2.24, 2.45) is 0 Å². The molecule has 1 N–H and O–H groups in total. The zero-order valence-electron chi connectivity index (χ0n) is 12.3. The molecule has 0 saturated carbocycles. The SMILES string of the molecule is c1ncn(C2CCN3CCCC3C2)c1C1CCCCN1. The molecule has 3 saturated heterocycles. The summed E-state index contributed by atoms with van der Waals surface area (Å²) < 4.78 is 2.50. The van der Waals surface area contributed by atoms with Crippen LogP contribution in [0.25, 0.3) is 0 Å².